The number of aliphatic hydroxyl groups is 1. The number of carbonyl (C=O) groups is 1. The van der Waals surface area contributed by atoms with Gasteiger partial charge in [0.15, 0.2) is 6.10 Å². The van der Waals surface area contributed by atoms with E-state index in [0.717, 1.165) is 6.07 Å². The van der Waals surface area contributed by atoms with Gasteiger partial charge in [-0.2, -0.15) is 31.3 Å². The molecule has 1 saturated heterocycles. The number of allylic oxidation sites excluding steroid dienone is 1. The van der Waals surface area contributed by atoms with E-state index in [0.29, 0.717) is 6.20 Å². The fraction of sp³-hybridized carbons (Fsp3) is 0.500. The fourth-order valence-electron chi connectivity index (χ4n) is 3.80. The number of hydrogen-bond donors (Lipinski definition) is 3. The number of halogens is 6. The first-order valence-electron chi connectivity index (χ1n) is 9.20. The monoisotopic (exact) mass is 451 g/mol. The smallest absolute Gasteiger partial charge is 0.401 e. The van der Waals surface area contributed by atoms with E-state index in [-0.39, 0.29) is 37.3 Å². The second-order valence-corrected chi connectivity index (χ2v) is 7.36. The lowest BCUT2D eigenvalue weighted by Gasteiger charge is -2.36. The molecule has 0 saturated carbocycles. The number of pyridine rings is 1. The maximum atomic E-state index is 13.5. The van der Waals surface area contributed by atoms with Crippen molar-refractivity contribution in [3.05, 3.63) is 35.3 Å². The zero-order chi connectivity index (χ0) is 23.1. The Balaban J connectivity index is 1.83. The molecule has 13 heteroatoms. The number of aromatic nitrogens is 1. The van der Waals surface area contributed by atoms with Crippen molar-refractivity contribution in [1.82, 2.24) is 4.98 Å². The molecular weight excluding hydrogens is 432 g/mol. The van der Waals surface area contributed by atoms with Gasteiger partial charge in [0.05, 0.1) is 17.4 Å². The van der Waals surface area contributed by atoms with Crippen LogP contribution in [0, 0.1) is 11.8 Å². The highest BCUT2D eigenvalue weighted by Crippen LogP contribution is 2.40. The Morgan fingerprint density at radius 1 is 1.13 bits per heavy atom. The number of carbonyl (C=O) groups excluding carboxylic acids is 1. The molecule has 0 aliphatic carbocycles. The standard InChI is InChI=1S/C18H19F6N5O2/c19-17(20,21)9-5-10(7-27-6-9)29-3-1-8(2-4-29)13(25)11-12(18(22,23)24)14(30)16(31)28-15(11)26/h5-8,12,14,30H,1-4,25H2,(H2,26,28,31)/t12-,14-/m1/s1. The van der Waals surface area contributed by atoms with Gasteiger partial charge in [-0.15, -0.1) is 0 Å². The van der Waals surface area contributed by atoms with Gasteiger partial charge in [0.2, 0.25) is 0 Å². The highest BCUT2D eigenvalue weighted by atomic mass is 19.4. The first kappa shape index (κ1) is 22.8. The normalized spacial score (nSPS) is 25.5. The fourth-order valence-corrected chi connectivity index (χ4v) is 3.80. The van der Waals surface area contributed by atoms with Gasteiger partial charge >= 0.3 is 12.4 Å². The van der Waals surface area contributed by atoms with Gasteiger partial charge in [0.25, 0.3) is 5.91 Å². The summed E-state index contributed by atoms with van der Waals surface area (Å²) in [4.78, 5) is 20.0. The van der Waals surface area contributed by atoms with E-state index >= 15 is 0 Å². The van der Waals surface area contributed by atoms with Crippen LogP contribution in [-0.2, 0) is 11.0 Å². The summed E-state index contributed by atoms with van der Waals surface area (Å²) in [6.07, 6.45) is -9.59. The third-order valence-electron chi connectivity index (χ3n) is 5.40. The summed E-state index contributed by atoms with van der Waals surface area (Å²) in [6.45, 7) is 0.410. The number of amidine groups is 1. The van der Waals surface area contributed by atoms with Crippen LogP contribution >= 0.6 is 0 Å². The zero-order valence-corrected chi connectivity index (χ0v) is 15.9. The molecule has 0 spiro atoms. The average Bonchev–Trinajstić information content (AvgIpc) is 2.68. The van der Waals surface area contributed by atoms with Gasteiger partial charge in [-0.25, -0.2) is 0 Å². The molecule has 0 bridgehead atoms. The number of hydrogen-bond acceptors (Lipinski definition) is 6. The van der Waals surface area contributed by atoms with Crippen LogP contribution in [0.15, 0.2) is 34.7 Å². The Hall–Kier alpha value is -2.83. The minimum absolute atomic E-state index is 0.205. The Morgan fingerprint density at radius 2 is 1.74 bits per heavy atom. The summed E-state index contributed by atoms with van der Waals surface area (Å²) >= 11 is 0. The van der Waals surface area contributed by atoms with Crippen LogP contribution in [0.4, 0.5) is 32.0 Å². The molecule has 1 amide bonds. The number of nitrogens with zero attached hydrogens (tertiary/aromatic N) is 3. The minimum Gasteiger partial charge on any atom is -0.401 e. The Bertz CT molecular complexity index is 919. The van der Waals surface area contributed by atoms with E-state index in [1.165, 1.54) is 6.20 Å². The van der Waals surface area contributed by atoms with Crippen LogP contribution in [0.2, 0.25) is 0 Å². The van der Waals surface area contributed by atoms with E-state index in [4.69, 9.17) is 11.5 Å². The first-order chi connectivity index (χ1) is 14.3. The summed E-state index contributed by atoms with van der Waals surface area (Å²) in [5.74, 6) is -5.28. The molecule has 3 heterocycles. The summed E-state index contributed by atoms with van der Waals surface area (Å²) in [6, 6.07) is 0.947. The number of nitrogens with two attached hydrogens (primary N) is 2. The summed E-state index contributed by atoms with van der Waals surface area (Å²) in [7, 11) is 0. The molecule has 7 nitrogen and oxygen atoms in total. The Morgan fingerprint density at radius 3 is 2.29 bits per heavy atom. The number of anilines is 1. The van der Waals surface area contributed by atoms with Crippen molar-refractivity contribution >= 4 is 17.4 Å². The van der Waals surface area contributed by atoms with Crippen molar-refractivity contribution in [1.29, 1.82) is 0 Å². The number of alkyl halides is 6. The highest BCUT2D eigenvalue weighted by molar-refractivity contribution is 6.09. The first-order valence-corrected chi connectivity index (χ1v) is 9.20. The van der Waals surface area contributed by atoms with Gasteiger partial charge in [-0.3, -0.25) is 9.78 Å². The summed E-state index contributed by atoms with van der Waals surface area (Å²) in [5, 5.41) is 9.76. The maximum absolute atomic E-state index is 13.5. The molecule has 1 fully saturated rings. The van der Waals surface area contributed by atoms with E-state index in [1.54, 1.807) is 4.90 Å². The predicted molar refractivity (Wildman–Crippen MR) is 97.6 cm³/mol. The maximum Gasteiger partial charge on any atom is 0.417 e. The lowest BCUT2D eigenvalue weighted by atomic mass is 9.82. The van der Waals surface area contributed by atoms with Crippen LogP contribution < -0.4 is 16.4 Å². The van der Waals surface area contributed by atoms with E-state index in [9.17, 15) is 36.2 Å². The molecule has 1 aromatic rings. The quantitative estimate of drug-likeness (QED) is 0.592. The lowest BCUT2D eigenvalue weighted by molar-refractivity contribution is -0.190. The van der Waals surface area contributed by atoms with Crippen LogP contribution in [0.5, 0.6) is 0 Å². The van der Waals surface area contributed by atoms with Gasteiger partial charge in [0.1, 0.15) is 11.8 Å². The lowest BCUT2D eigenvalue weighted by Crippen LogP contribution is -2.49. The van der Waals surface area contributed by atoms with Gasteiger partial charge in [-0.1, -0.05) is 0 Å². The minimum atomic E-state index is -4.99. The van der Waals surface area contributed by atoms with Crippen LogP contribution in [-0.4, -0.2) is 47.2 Å². The second-order valence-electron chi connectivity index (χ2n) is 7.36. The molecule has 0 radical (unpaired) electrons. The summed E-state index contributed by atoms with van der Waals surface area (Å²) < 4.78 is 79.2. The molecule has 0 aromatic carbocycles. The molecule has 2 aliphatic heterocycles. The molecular formula is C18H19F6N5O2. The van der Waals surface area contributed by atoms with Crippen molar-refractivity contribution in [2.45, 2.75) is 31.3 Å². The SMILES string of the molecule is NC1=NC(=O)[C@H](O)[C@H](C(F)(F)F)C1=C(N)C1CCN(c2cncc(C(F)(F)F)c2)CC1. The molecule has 0 unspecified atom stereocenters. The number of piperidine rings is 1. The largest absolute Gasteiger partial charge is 0.417 e. The molecule has 2 aliphatic rings. The molecule has 3 rings (SSSR count). The number of aliphatic hydroxyl groups excluding tert-OH is 1. The van der Waals surface area contributed by atoms with Crippen molar-refractivity contribution in [2.75, 3.05) is 18.0 Å². The summed E-state index contributed by atoms with van der Waals surface area (Å²) in [5.41, 5.74) is 10.0. The molecule has 5 N–H and O–H groups in total. The third kappa shape index (κ3) is 4.60. The molecule has 2 atom stereocenters. The number of amides is 1. The van der Waals surface area contributed by atoms with Gasteiger partial charge in [0, 0.05) is 36.5 Å². The van der Waals surface area contributed by atoms with Crippen molar-refractivity contribution in [3.63, 3.8) is 0 Å². The number of aliphatic imine (C=N–C) groups is 1. The van der Waals surface area contributed by atoms with E-state index in [1.807, 2.05) is 0 Å². The molecule has 170 valence electrons. The second kappa shape index (κ2) is 8.02. The highest BCUT2D eigenvalue weighted by Gasteiger charge is 2.53. The van der Waals surface area contributed by atoms with Gasteiger partial charge in [-0.05, 0) is 18.9 Å². The van der Waals surface area contributed by atoms with Crippen LogP contribution in [0.3, 0.4) is 0 Å². The molecule has 31 heavy (non-hydrogen) atoms. The topological polar surface area (TPSA) is 118 Å². The van der Waals surface area contributed by atoms with E-state index in [2.05, 4.69) is 9.98 Å². The van der Waals surface area contributed by atoms with Crippen molar-refractivity contribution in [3.8, 4) is 0 Å². The third-order valence-corrected chi connectivity index (χ3v) is 5.40. The van der Waals surface area contributed by atoms with Crippen LogP contribution in [0.25, 0.3) is 0 Å². The Kier molecular flexibility index (Phi) is 5.91. The average molecular weight is 451 g/mol. The molecule has 1 aromatic heterocycles. The predicted octanol–water partition coefficient (Wildman–Crippen LogP) is 1.97. The van der Waals surface area contributed by atoms with Crippen molar-refractivity contribution < 1.29 is 36.2 Å². The Labute approximate surface area is 172 Å². The number of rotatable bonds is 2. The van der Waals surface area contributed by atoms with Gasteiger partial charge < -0.3 is 21.5 Å². The van der Waals surface area contributed by atoms with Crippen molar-refractivity contribution in [2.24, 2.45) is 28.3 Å². The zero-order valence-electron chi connectivity index (χ0n) is 15.9. The van der Waals surface area contributed by atoms with Crippen LogP contribution in [0.1, 0.15) is 18.4 Å². The van der Waals surface area contributed by atoms with E-state index < -0.39 is 53.2 Å².